The monoisotopic (exact) mass is 312 g/mol. The molecule has 22 heavy (non-hydrogen) atoms. The van der Waals surface area contributed by atoms with Crippen LogP contribution < -0.4 is 10.6 Å². The minimum absolute atomic E-state index is 0.208. The SMILES string of the molecule is CCCCNC(=O)[C@@H](NC(=O)c1c(F)cccc1F)C(C)C. The first kappa shape index (κ1) is 18.1. The van der Waals surface area contributed by atoms with Crippen molar-refractivity contribution in [2.24, 2.45) is 5.92 Å². The molecule has 0 spiro atoms. The smallest absolute Gasteiger partial charge is 0.257 e. The van der Waals surface area contributed by atoms with Crippen molar-refractivity contribution in [3.05, 3.63) is 35.4 Å². The first-order valence-corrected chi connectivity index (χ1v) is 7.41. The molecule has 2 N–H and O–H groups in total. The van der Waals surface area contributed by atoms with Crippen LogP contribution in [0.4, 0.5) is 8.78 Å². The molecule has 4 nitrogen and oxygen atoms in total. The molecular formula is C16H22F2N2O2. The van der Waals surface area contributed by atoms with Crippen LogP contribution in [0.2, 0.25) is 0 Å². The Labute approximate surface area is 129 Å². The Balaban J connectivity index is 2.83. The minimum atomic E-state index is -0.952. The van der Waals surface area contributed by atoms with E-state index in [1.54, 1.807) is 13.8 Å². The summed E-state index contributed by atoms with van der Waals surface area (Å²) in [5, 5.41) is 5.12. The Morgan fingerprint density at radius 3 is 2.27 bits per heavy atom. The topological polar surface area (TPSA) is 58.2 Å². The third-order valence-electron chi connectivity index (χ3n) is 3.26. The molecule has 0 fully saturated rings. The van der Waals surface area contributed by atoms with Gasteiger partial charge in [-0.3, -0.25) is 9.59 Å². The lowest BCUT2D eigenvalue weighted by Gasteiger charge is -2.22. The Bertz CT molecular complexity index is 513. The van der Waals surface area contributed by atoms with Crippen LogP contribution in [-0.4, -0.2) is 24.4 Å². The van der Waals surface area contributed by atoms with Crippen molar-refractivity contribution in [2.45, 2.75) is 39.7 Å². The van der Waals surface area contributed by atoms with Crippen molar-refractivity contribution in [3.63, 3.8) is 0 Å². The molecule has 2 amide bonds. The third-order valence-corrected chi connectivity index (χ3v) is 3.26. The fraction of sp³-hybridized carbons (Fsp3) is 0.500. The predicted molar refractivity (Wildman–Crippen MR) is 80.4 cm³/mol. The van der Waals surface area contributed by atoms with Crippen molar-refractivity contribution in [3.8, 4) is 0 Å². The van der Waals surface area contributed by atoms with E-state index < -0.39 is 29.1 Å². The Morgan fingerprint density at radius 1 is 1.18 bits per heavy atom. The second-order valence-electron chi connectivity index (χ2n) is 5.44. The molecule has 0 saturated heterocycles. The van der Waals surface area contributed by atoms with Crippen molar-refractivity contribution in [1.82, 2.24) is 10.6 Å². The summed E-state index contributed by atoms with van der Waals surface area (Å²) in [6.07, 6.45) is 1.76. The summed E-state index contributed by atoms with van der Waals surface area (Å²) in [6.45, 7) is 6.00. The fourth-order valence-electron chi connectivity index (χ4n) is 1.96. The molecule has 0 aliphatic rings. The lowest BCUT2D eigenvalue weighted by atomic mass is 10.0. The molecule has 1 aromatic carbocycles. The number of unbranched alkanes of at least 4 members (excludes halogenated alkanes) is 1. The van der Waals surface area contributed by atoms with E-state index in [2.05, 4.69) is 10.6 Å². The van der Waals surface area contributed by atoms with Crippen molar-refractivity contribution < 1.29 is 18.4 Å². The molecule has 1 aromatic rings. The zero-order chi connectivity index (χ0) is 16.7. The van der Waals surface area contributed by atoms with Gasteiger partial charge in [-0.2, -0.15) is 0 Å². The zero-order valence-corrected chi connectivity index (χ0v) is 13.1. The summed E-state index contributed by atoms with van der Waals surface area (Å²) >= 11 is 0. The van der Waals surface area contributed by atoms with Crippen molar-refractivity contribution in [2.75, 3.05) is 6.54 Å². The average molecular weight is 312 g/mol. The van der Waals surface area contributed by atoms with Crippen molar-refractivity contribution >= 4 is 11.8 Å². The summed E-state index contributed by atoms with van der Waals surface area (Å²) in [7, 11) is 0. The lowest BCUT2D eigenvalue weighted by Crippen LogP contribution is -2.50. The molecule has 1 atom stereocenters. The van der Waals surface area contributed by atoms with Crippen LogP contribution in [0.15, 0.2) is 18.2 Å². The van der Waals surface area contributed by atoms with Gasteiger partial charge in [-0.25, -0.2) is 8.78 Å². The van der Waals surface area contributed by atoms with Crippen LogP contribution in [0.1, 0.15) is 44.0 Å². The number of amides is 2. The van der Waals surface area contributed by atoms with E-state index >= 15 is 0 Å². The molecule has 0 aliphatic heterocycles. The lowest BCUT2D eigenvalue weighted by molar-refractivity contribution is -0.123. The largest absolute Gasteiger partial charge is 0.354 e. The van der Waals surface area contributed by atoms with Crippen LogP contribution in [0.3, 0.4) is 0 Å². The van der Waals surface area contributed by atoms with Gasteiger partial charge in [0.25, 0.3) is 5.91 Å². The van der Waals surface area contributed by atoms with Crippen molar-refractivity contribution in [1.29, 1.82) is 0 Å². The van der Waals surface area contributed by atoms with E-state index in [9.17, 15) is 18.4 Å². The van der Waals surface area contributed by atoms with Gasteiger partial charge in [0.2, 0.25) is 5.91 Å². The maximum Gasteiger partial charge on any atom is 0.257 e. The molecular weight excluding hydrogens is 290 g/mol. The van der Waals surface area contributed by atoms with Gasteiger partial charge in [0.05, 0.1) is 0 Å². The van der Waals surface area contributed by atoms with Gasteiger partial charge >= 0.3 is 0 Å². The van der Waals surface area contributed by atoms with Crippen LogP contribution in [0.5, 0.6) is 0 Å². The van der Waals surface area contributed by atoms with E-state index in [-0.39, 0.29) is 11.8 Å². The Kier molecular flexibility index (Phi) is 6.95. The first-order valence-electron chi connectivity index (χ1n) is 7.41. The van der Waals surface area contributed by atoms with Crippen LogP contribution in [0, 0.1) is 17.6 Å². The molecule has 0 radical (unpaired) electrons. The quantitative estimate of drug-likeness (QED) is 0.760. The second-order valence-corrected chi connectivity index (χ2v) is 5.44. The molecule has 0 bridgehead atoms. The Hall–Kier alpha value is -1.98. The van der Waals surface area contributed by atoms with Gasteiger partial charge in [0.1, 0.15) is 23.2 Å². The predicted octanol–water partition coefficient (Wildman–Crippen LogP) is 2.64. The summed E-state index contributed by atoms with van der Waals surface area (Å²) in [6, 6.07) is 2.34. The number of carbonyl (C=O) groups excluding carboxylic acids is 2. The molecule has 0 aliphatic carbocycles. The van der Waals surface area contributed by atoms with E-state index in [0.29, 0.717) is 6.54 Å². The highest BCUT2D eigenvalue weighted by molar-refractivity contribution is 5.98. The van der Waals surface area contributed by atoms with E-state index in [1.807, 2.05) is 6.92 Å². The first-order chi connectivity index (χ1) is 10.4. The van der Waals surface area contributed by atoms with Gasteiger partial charge in [0.15, 0.2) is 0 Å². The normalized spacial score (nSPS) is 12.1. The Morgan fingerprint density at radius 2 is 1.77 bits per heavy atom. The molecule has 0 aromatic heterocycles. The van der Waals surface area contributed by atoms with E-state index in [0.717, 1.165) is 25.0 Å². The summed E-state index contributed by atoms with van der Waals surface area (Å²) in [5.41, 5.74) is -0.672. The minimum Gasteiger partial charge on any atom is -0.354 e. The van der Waals surface area contributed by atoms with Gasteiger partial charge in [-0.15, -0.1) is 0 Å². The van der Waals surface area contributed by atoms with E-state index in [1.165, 1.54) is 6.07 Å². The standard InChI is InChI=1S/C16H22F2N2O2/c1-4-5-9-19-16(22)14(10(2)3)20-15(21)13-11(17)7-6-8-12(13)18/h6-8,10,14H,4-5,9H2,1-3H3,(H,19,22)(H,20,21)/t14-/m0/s1. The number of benzene rings is 1. The summed E-state index contributed by atoms with van der Waals surface area (Å²) in [4.78, 5) is 24.1. The molecule has 1 rings (SSSR count). The third kappa shape index (κ3) is 4.79. The van der Waals surface area contributed by atoms with Gasteiger partial charge in [-0.05, 0) is 24.5 Å². The van der Waals surface area contributed by atoms with Crippen LogP contribution in [-0.2, 0) is 4.79 Å². The number of halogens is 2. The maximum absolute atomic E-state index is 13.6. The molecule has 6 heteroatoms. The highest BCUT2D eigenvalue weighted by atomic mass is 19.1. The summed E-state index contributed by atoms with van der Waals surface area (Å²) in [5.74, 6) is -3.40. The zero-order valence-electron chi connectivity index (χ0n) is 13.1. The van der Waals surface area contributed by atoms with Gasteiger partial charge in [0, 0.05) is 6.54 Å². The molecule has 0 unspecified atom stereocenters. The number of hydrogen-bond donors (Lipinski definition) is 2. The average Bonchev–Trinajstić information content (AvgIpc) is 2.44. The molecule has 122 valence electrons. The summed E-state index contributed by atoms with van der Waals surface area (Å²) < 4.78 is 27.2. The number of carbonyl (C=O) groups is 2. The van der Waals surface area contributed by atoms with Gasteiger partial charge < -0.3 is 10.6 Å². The number of nitrogens with one attached hydrogen (secondary N) is 2. The highest BCUT2D eigenvalue weighted by Gasteiger charge is 2.26. The highest BCUT2D eigenvalue weighted by Crippen LogP contribution is 2.13. The second kappa shape index (κ2) is 8.46. The maximum atomic E-state index is 13.6. The van der Waals surface area contributed by atoms with Gasteiger partial charge in [-0.1, -0.05) is 33.3 Å². The molecule has 0 heterocycles. The van der Waals surface area contributed by atoms with Crippen LogP contribution >= 0.6 is 0 Å². The van der Waals surface area contributed by atoms with E-state index in [4.69, 9.17) is 0 Å². The number of hydrogen-bond acceptors (Lipinski definition) is 2. The fourth-order valence-corrected chi connectivity index (χ4v) is 1.96. The number of rotatable bonds is 7. The molecule has 0 saturated carbocycles. The van der Waals surface area contributed by atoms with Crippen LogP contribution in [0.25, 0.3) is 0 Å².